The fourth-order valence-corrected chi connectivity index (χ4v) is 3.12. The Morgan fingerprint density at radius 2 is 1.93 bits per heavy atom. The van der Waals surface area contributed by atoms with Crippen LogP contribution in [0.1, 0.15) is 37.6 Å². The minimum atomic E-state index is -0.561. The molecule has 1 aromatic carbocycles. The van der Waals surface area contributed by atoms with Gasteiger partial charge in [-0.15, -0.1) is 0 Å². The largest absolute Gasteiger partial charge is 0.396 e. The summed E-state index contributed by atoms with van der Waals surface area (Å²) in [5.74, 6) is -0.311. The minimum absolute atomic E-state index is 0.145. The molecule has 7 heteroatoms. The normalized spacial score (nSPS) is 18.1. The van der Waals surface area contributed by atoms with Gasteiger partial charge in [0.05, 0.1) is 12.3 Å². The van der Waals surface area contributed by atoms with Crippen molar-refractivity contribution in [2.24, 2.45) is 5.16 Å². The molecule has 0 radical (unpaired) electrons. The molecule has 1 atom stereocenters. The lowest BCUT2D eigenvalue weighted by Gasteiger charge is -2.24. The third kappa shape index (κ3) is 5.79. The first-order valence-corrected chi connectivity index (χ1v) is 9.64. The van der Waals surface area contributed by atoms with Gasteiger partial charge >= 0.3 is 0 Å². The van der Waals surface area contributed by atoms with Crippen molar-refractivity contribution in [2.75, 3.05) is 39.3 Å². The van der Waals surface area contributed by atoms with Gasteiger partial charge in [0.25, 0.3) is 5.91 Å². The summed E-state index contributed by atoms with van der Waals surface area (Å²) < 4.78 is 0. The second-order valence-electron chi connectivity index (χ2n) is 6.41. The van der Waals surface area contributed by atoms with E-state index in [1.165, 1.54) is 0 Å². The molecule has 1 N–H and O–H groups in total. The molecule has 1 aromatic rings. The zero-order valence-electron chi connectivity index (χ0n) is 16.5. The maximum atomic E-state index is 12.9. The molecule has 2 amide bonds. The van der Waals surface area contributed by atoms with Crippen molar-refractivity contribution < 1.29 is 14.4 Å². The van der Waals surface area contributed by atoms with Gasteiger partial charge in [-0.25, -0.2) is 0 Å². The number of nitrogens with zero attached hydrogens (tertiary/aromatic N) is 3. The molecule has 7 nitrogen and oxygen atoms in total. The minimum Gasteiger partial charge on any atom is -0.396 e. The van der Waals surface area contributed by atoms with Gasteiger partial charge < -0.3 is 20.0 Å². The van der Waals surface area contributed by atoms with Gasteiger partial charge in [-0.1, -0.05) is 37.2 Å². The van der Waals surface area contributed by atoms with E-state index in [2.05, 4.69) is 29.2 Å². The summed E-state index contributed by atoms with van der Waals surface area (Å²) in [6.07, 6.45) is 0.398. The first-order valence-electron chi connectivity index (χ1n) is 9.64. The monoisotopic (exact) mass is 374 g/mol. The molecule has 27 heavy (non-hydrogen) atoms. The predicted molar refractivity (Wildman–Crippen MR) is 106 cm³/mol. The lowest BCUT2D eigenvalue weighted by molar-refractivity contribution is -0.124. The summed E-state index contributed by atoms with van der Waals surface area (Å²) >= 11 is 0. The molecule has 2 rings (SSSR count). The highest BCUT2D eigenvalue weighted by molar-refractivity contribution is 6.05. The van der Waals surface area contributed by atoms with E-state index < -0.39 is 6.04 Å². The number of carbonyl (C=O) groups is 2. The van der Waals surface area contributed by atoms with E-state index in [1.807, 2.05) is 25.1 Å². The van der Waals surface area contributed by atoms with Crippen LogP contribution in [0.25, 0.3) is 0 Å². The van der Waals surface area contributed by atoms with E-state index in [1.54, 1.807) is 17.0 Å². The van der Waals surface area contributed by atoms with Crippen LogP contribution in [0.5, 0.6) is 0 Å². The lowest BCUT2D eigenvalue weighted by atomic mass is 10.1. The van der Waals surface area contributed by atoms with E-state index >= 15 is 0 Å². The number of hydrogen-bond acceptors (Lipinski definition) is 5. The summed E-state index contributed by atoms with van der Waals surface area (Å²) in [7, 11) is 0. The smallest absolute Gasteiger partial charge is 0.254 e. The summed E-state index contributed by atoms with van der Waals surface area (Å²) in [6.45, 7) is 10.0. The van der Waals surface area contributed by atoms with Gasteiger partial charge in [-0.2, -0.15) is 0 Å². The van der Waals surface area contributed by atoms with E-state index in [-0.39, 0.29) is 11.8 Å². The number of nitrogens with one attached hydrogen (secondary N) is 1. The van der Waals surface area contributed by atoms with Gasteiger partial charge in [0.1, 0.15) is 12.6 Å². The molecule has 0 unspecified atom stereocenters. The Bertz CT molecular complexity index is 644. The van der Waals surface area contributed by atoms with Gasteiger partial charge in [0.15, 0.2) is 0 Å². The second kappa shape index (κ2) is 10.7. The topological polar surface area (TPSA) is 74.2 Å². The highest BCUT2D eigenvalue weighted by Crippen LogP contribution is 2.19. The number of rotatable bonds is 9. The van der Waals surface area contributed by atoms with Crippen molar-refractivity contribution in [3.63, 3.8) is 0 Å². The lowest BCUT2D eigenvalue weighted by Crippen LogP contribution is -2.47. The Labute approximate surface area is 161 Å². The maximum absolute atomic E-state index is 12.9. The molecule has 1 fully saturated rings. The molecule has 0 aromatic heterocycles. The van der Waals surface area contributed by atoms with Gasteiger partial charge in [0, 0.05) is 25.1 Å². The first-order chi connectivity index (χ1) is 13.1. The fraction of sp³-hybridized carbons (Fsp3) is 0.550. The third-order valence-electron chi connectivity index (χ3n) is 4.69. The number of carbonyl (C=O) groups excluding carboxylic acids is 2. The molecule has 0 bridgehead atoms. The standard InChI is InChI=1S/C20H30N4O3/c1-4-23(5-2)13-12-21-19(25)18-14-17(22-27-6-3)15-24(18)20(26)16-10-8-7-9-11-16/h7-11,18H,4-6,12-15H2,1-3H3,(H,21,25)/b22-17+/t18-/m0/s1. The van der Waals surface area contributed by atoms with Crippen molar-refractivity contribution in [2.45, 2.75) is 33.2 Å². The Kier molecular flexibility index (Phi) is 8.26. The SMILES string of the molecule is CCO/N=C1\C[C@@H](C(=O)NCCN(CC)CC)N(C(=O)c2ccccc2)C1. The molecule has 0 aliphatic carbocycles. The number of amides is 2. The molecule has 148 valence electrons. The summed E-state index contributed by atoms with van der Waals surface area (Å²) in [6, 6.07) is 8.45. The summed E-state index contributed by atoms with van der Waals surface area (Å²) in [5, 5.41) is 7.04. The zero-order valence-corrected chi connectivity index (χ0v) is 16.5. The Balaban J connectivity index is 2.07. The van der Waals surface area contributed by atoms with Crippen molar-refractivity contribution in [3.05, 3.63) is 35.9 Å². The van der Waals surface area contributed by atoms with Crippen LogP contribution in [-0.4, -0.2) is 72.7 Å². The van der Waals surface area contributed by atoms with Crippen LogP contribution in [0.3, 0.4) is 0 Å². The number of likely N-dealkylation sites (tertiary alicyclic amines) is 1. The van der Waals surface area contributed by atoms with Crippen LogP contribution in [0, 0.1) is 0 Å². The van der Waals surface area contributed by atoms with Crippen LogP contribution in [0.2, 0.25) is 0 Å². The number of likely N-dealkylation sites (N-methyl/N-ethyl adjacent to an activating group) is 1. The number of oxime groups is 1. The summed E-state index contributed by atoms with van der Waals surface area (Å²) in [4.78, 5) is 34.6. The molecule has 1 aliphatic rings. The van der Waals surface area contributed by atoms with E-state index in [9.17, 15) is 9.59 Å². The average Bonchev–Trinajstić information content (AvgIpc) is 3.14. The second-order valence-corrected chi connectivity index (χ2v) is 6.41. The van der Waals surface area contributed by atoms with E-state index in [4.69, 9.17) is 4.84 Å². The van der Waals surface area contributed by atoms with E-state index in [0.717, 1.165) is 19.6 Å². The van der Waals surface area contributed by atoms with Crippen LogP contribution in [0.15, 0.2) is 35.5 Å². The molecule has 0 saturated carbocycles. The van der Waals surface area contributed by atoms with Gasteiger partial charge in [-0.3, -0.25) is 9.59 Å². The van der Waals surface area contributed by atoms with Gasteiger partial charge in [0.2, 0.25) is 5.91 Å². The molecule has 1 aliphatic heterocycles. The predicted octanol–water partition coefficient (Wildman–Crippen LogP) is 1.75. The zero-order chi connectivity index (χ0) is 19.6. The quantitative estimate of drug-likeness (QED) is 0.669. The molecule has 1 heterocycles. The van der Waals surface area contributed by atoms with Gasteiger partial charge in [-0.05, 0) is 32.1 Å². The van der Waals surface area contributed by atoms with E-state index in [0.29, 0.717) is 37.4 Å². The van der Waals surface area contributed by atoms with Crippen molar-refractivity contribution >= 4 is 17.5 Å². The van der Waals surface area contributed by atoms with Crippen LogP contribution < -0.4 is 5.32 Å². The molecule has 0 spiro atoms. The third-order valence-corrected chi connectivity index (χ3v) is 4.69. The van der Waals surface area contributed by atoms with Crippen LogP contribution >= 0.6 is 0 Å². The van der Waals surface area contributed by atoms with Crippen LogP contribution in [0.4, 0.5) is 0 Å². The van der Waals surface area contributed by atoms with Crippen molar-refractivity contribution in [1.82, 2.24) is 15.1 Å². The number of hydrogen-bond donors (Lipinski definition) is 1. The molecule has 1 saturated heterocycles. The van der Waals surface area contributed by atoms with Crippen molar-refractivity contribution in [1.29, 1.82) is 0 Å². The van der Waals surface area contributed by atoms with Crippen LogP contribution in [-0.2, 0) is 9.63 Å². The number of benzene rings is 1. The Morgan fingerprint density at radius 3 is 2.56 bits per heavy atom. The summed E-state index contributed by atoms with van der Waals surface area (Å²) in [5.41, 5.74) is 1.28. The molecular formula is C20H30N4O3. The fourth-order valence-electron chi connectivity index (χ4n) is 3.12. The first kappa shape index (κ1) is 20.9. The Morgan fingerprint density at radius 1 is 1.22 bits per heavy atom. The Hall–Kier alpha value is -2.41. The maximum Gasteiger partial charge on any atom is 0.254 e. The average molecular weight is 374 g/mol. The molecular weight excluding hydrogens is 344 g/mol. The van der Waals surface area contributed by atoms with Crippen molar-refractivity contribution in [3.8, 4) is 0 Å². The highest BCUT2D eigenvalue weighted by atomic mass is 16.6. The highest BCUT2D eigenvalue weighted by Gasteiger charge is 2.38.